The molecule has 1 fully saturated rings. The summed E-state index contributed by atoms with van der Waals surface area (Å²) in [6.45, 7) is 6.37. The Balaban J connectivity index is 2.17. The predicted molar refractivity (Wildman–Crippen MR) is 63.4 cm³/mol. The van der Waals surface area contributed by atoms with E-state index in [1.165, 1.54) is 12.1 Å². The lowest BCUT2D eigenvalue weighted by Crippen LogP contribution is -2.29. The summed E-state index contributed by atoms with van der Waals surface area (Å²) in [4.78, 5) is 6.93. The summed E-state index contributed by atoms with van der Waals surface area (Å²) in [5.74, 6) is 0. The van der Waals surface area contributed by atoms with Gasteiger partial charge >= 0.3 is 0 Å². The van der Waals surface area contributed by atoms with Crippen LogP contribution in [0.25, 0.3) is 0 Å². The Morgan fingerprint density at radius 3 is 2.80 bits per heavy atom. The predicted octanol–water partition coefficient (Wildman–Crippen LogP) is 1.50. The molecule has 0 aromatic carbocycles. The Bertz CT molecular complexity index is 349. The molecule has 3 nitrogen and oxygen atoms in total. The number of pyridine rings is 1. The van der Waals surface area contributed by atoms with Crippen LogP contribution in [0.15, 0.2) is 12.1 Å². The largest absolute Gasteiger partial charge is 0.368 e. The van der Waals surface area contributed by atoms with Gasteiger partial charge in [-0.05, 0) is 39.4 Å². The third-order valence-electron chi connectivity index (χ3n) is 3.13. The normalized spacial score (nSPS) is 21.0. The van der Waals surface area contributed by atoms with E-state index < -0.39 is 0 Å². The second-order valence-electron chi connectivity index (χ2n) is 4.28. The maximum atomic E-state index is 4.51. The Hall–Kier alpha value is -1.09. The second-order valence-corrected chi connectivity index (χ2v) is 4.28. The lowest BCUT2D eigenvalue weighted by atomic mass is 10.2. The molecule has 15 heavy (non-hydrogen) atoms. The van der Waals surface area contributed by atoms with Crippen molar-refractivity contribution >= 4 is 5.69 Å². The SMILES string of the molecule is CNC1CCN(c2ccc(C)nc2C)C1. The van der Waals surface area contributed by atoms with Crippen LogP contribution >= 0.6 is 0 Å². The second kappa shape index (κ2) is 4.19. The first-order chi connectivity index (χ1) is 7.20. The number of aryl methyl sites for hydroxylation is 2. The van der Waals surface area contributed by atoms with Crippen molar-refractivity contribution in [1.29, 1.82) is 0 Å². The number of nitrogens with zero attached hydrogens (tertiary/aromatic N) is 2. The fourth-order valence-corrected chi connectivity index (χ4v) is 2.23. The van der Waals surface area contributed by atoms with Crippen molar-refractivity contribution in [1.82, 2.24) is 10.3 Å². The van der Waals surface area contributed by atoms with Gasteiger partial charge < -0.3 is 10.2 Å². The van der Waals surface area contributed by atoms with Crippen LogP contribution in [0.1, 0.15) is 17.8 Å². The number of hydrogen-bond donors (Lipinski definition) is 1. The van der Waals surface area contributed by atoms with Gasteiger partial charge in [-0.25, -0.2) is 0 Å². The van der Waals surface area contributed by atoms with Crippen molar-refractivity contribution in [2.24, 2.45) is 0 Å². The number of anilines is 1. The molecule has 1 aliphatic heterocycles. The van der Waals surface area contributed by atoms with Gasteiger partial charge in [0.1, 0.15) is 0 Å². The summed E-state index contributed by atoms with van der Waals surface area (Å²) in [5.41, 5.74) is 3.53. The molecule has 1 saturated heterocycles. The van der Waals surface area contributed by atoms with Gasteiger partial charge in [0.25, 0.3) is 0 Å². The highest BCUT2D eigenvalue weighted by molar-refractivity contribution is 5.51. The topological polar surface area (TPSA) is 28.2 Å². The Morgan fingerprint density at radius 2 is 2.20 bits per heavy atom. The summed E-state index contributed by atoms with van der Waals surface area (Å²) in [6.07, 6.45) is 1.23. The van der Waals surface area contributed by atoms with Crippen molar-refractivity contribution in [3.8, 4) is 0 Å². The van der Waals surface area contributed by atoms with E-state index in [2.05, 4.69) is 34.3 Å². The van der Waals surface area contributed by atoms with Crippen LogP contribution in [0.5, 0.6) is 0 Å². The van der Waals surface area contributed by atoms with E-state index in [1.54, 1.807) is 0 Å². The molecule has 82 valence electrons. The van der Waals surface area contributed by atoms with E-state index in [0.29, 0.717) is 6.04 Å². The highest BCUT2D eigenvalue weighted by Crippen LogP contribution is 2.23. The van der Waals surface area contributed by atoms with Gasteiger partial charge in [0.05, 0.1) is 11.4 Å². The zero-order valence-corrected chi connectivity index (χ0v) is 9.75. The summed E-state index contributed by atoms with van der Waals surface area (Å²) < 4.78 is 0. The van der Waals surface area contributed by atoms with E-state index in [4.69, 9.17) is 0 Å². The molecule has 0 radical (unpaired) electrons. The highest BCUT2D eigenvalue weighted by atomic mass is 15.2. The van der Waals surface area contributed by atoms with Gasteiger partial charge in [-0.1, -0.05) is 0 Å². The average molecular weight is 205 g/mol. The zero-order valence-electron chi connectivity index (χ0n) is 9.75. The van der Waals surface area contributed by atoms with Crippen LogP contribution in [-0.2, 0) is 0 Å². The minimum Gasteiger partial charge on any atom is -0.368 e. The first-order valence-corrected chi connectivity index (χ1v) is 5.57. The highest BCUT2D eigenvalue weighted by Gasteiger charge is 2.22. The molecule has 1 aliphatic rings. The standard InChI is InChI=1S/C12H19N3/c1-9-4-5-12(10(2)14-9)15-7-6-11(8-15)13-3/h4-5,11,13H,6-8H2,1-3H3. The van der Waals surface area contributed by atoms with E-state index in [9.17, 15) is 0 Å². The number of likely N-dealkylation sites (N-methyl/N-ethyl adjacent to an activating group) is 1. The average Bonchev–Trinajstić information content (AvgIpc) is 2.66. The molecule has 1 atom stereocenters. The van der Waals surface area contributed by atoms with Gasteiger partial charge in [-0.15, -0.1) is 0 Å². The third kappa shape index (κ3) is 2.12. The smallest absolute Gasteiger partial charge is 0.0608 e. The van der Waals surface area contributed by atoms with Crippen LogP contribution in [0.4, 0.5) is 5.69 Å². The fraction of sp³-hybridized carbons (Fsp3) is 0.583. The van der Waals surface area contributed by atoms with Gasteiger partial charge in [0, 0.05) is 24.8 Å². The number of nitrogens with one attached hydrogen (secondary N) is 1. The van der Waals surface area contributed by atoms with Crippen molar-refractivity contribution in [3.05, 3.63) is 23.5 Å². The van der Waals surface area contributed by atoms with Gasteiger partial charge in [-0.2, -0.15) is 0 Å². The van der Waals surface area contributed by atoms with Crippen LogP contribution in [0.3, 0.4) is 0 Å². The summed E-state index contributed by atoms with van der Waals surface area (Å²) in [6, 6.07) is 4.91. The maximum absolute atomic E-state index is 4.51. The molecule has 3 heteroatoms. The molecule has 1 unspecified atom stereocenters. The summed E-state index contributed by atoms with van der Waals surface area (Å²) in [7, 11) is 2.04. The fourth-order valence-electron chi connectivity index (χ4n) is 2.23. The Kier molecular flexibility index (Phi) is 2.91. The summed E-state index contributed by atoms with van der Waals surface area (Å²) >= 11 is 0. The third-order valence-corrected chi connectivity index (χ3v) is 3.13. The number of aromatic nitrogens is 1. The molecule has 0 amide bonds. The molecule has 0 aliphatic carbocycles. The molecule has 2 rings (SSSR count). The van der Waals surface area contributed by atoms with Crippen LogP contribution in [0.2, 0.25) is 0 Å². The summed E-state index contributed by atoms with van der Waals surface area (Å²) in [5, 5.41) is 3.33. The van der Waals surface area contributed by atoms with Crippen molar-refractivity contribution in [3.63, 3.8) is 0 Å². The molecule has 0 bridgehead atoms. The minimum absolute atomic E-state index is 0.630. The molecule has 1 N–H and O–H groups in total. The molecule has 0 spiro atoms. The van der Waals surface area contributed by atoms with Crippen molar-refractivity contribution in [2.75, 3.05) is 25.0 Å². The lowest BCUT2D eigenvalue weighted by molar-refractivity contribution is 0.617. The van der Waals surface area contributed by atoms with Gasteiger partial charge in [-0.3, -0.25) is 4.98 Å². The maximum Gasteiger partial charge on any atom is 0.0608 e. The van der Waals surface area contributed by atoms with E-state index in [1.807, 2.05) is 14.0 Å². The van der Waals surface area contributed by atoms with Crippen molar-refractivity contribution < 1.29 is 0 Å². The number of rotatable bonds is 2. The van der Waals surface area contributed by atoms with Gasteiger partial charge in [0.15, 0.2) is 0 Å². The molecular formula is C12H19N3. The Morgan fingerprint density at radius 1 is 1.40 bits per heavy atom. The Labute approximate surface area is 91.5 Å². The molecule has 0 saturated carbocycles. The lowest BCUT2D eigenvalue weighted by Gasteiger charge is -2.20. The molecular weight excluding hydrogens is 186 g/mol. The molecule has 1 aromatic rings. The van der Waals surface area contributed by atoms with Crippen LogP contribution in [-0.4, -0.2) is 31.2 Å². The van der Waals surface area contributed by atoms with Gasteiger partial charge in [0.2, 0.25) is 0 Å². The van der Waals surface area contributed by atoms with E-state index in [0.717, 1.165) is 24.5 Å². The molecule has 1 aromatic heterocycles. The van der Waals surface area contributed by atoms with Crippen molar-refractivity contribution in [2.45, 2.75) is 26.3 Å². The van der Waals surface area contributed by atoms with E-state index >= 15 is 0 Å². The van der Waals surface area contributed by atoms with Crippen LogP contribution in [0, 0.1) is 13.8 Å². The minimum atomic E-state index is 0.630. The molecule has 2 heterocycles. The zero-order chi connectivity index (χ0) is 10.8. The quantitative estimate of drug-likeness (QED) is 0.793. The van der Waals surface area contributed by atoms with E-state index in [-0.39, 0.29) is 0 Å². The monoisotopic (exact) mass is 205 g/mol. The number of hydrogen-bond acceptors (Lipinski definition) is 3. The first-order valence-electron chi connectivity index (χ1n) is 5.57. The first kappa shape index (κ1) is 10.4. The van der Waals surface area contributed by atoms with Crippen LogP contribution < -0.4 is 10.2 Å².